The van der Waals surface area contributed by atoms with Gasteiger partial charge in [0.15, 0.2) is 0 Å². The van der Waals surface area contributed by atoms with Gasteiger partial charge < -0.3 is 16.0 Å². The molecule has 5 heteroatoms. The van der Waals surface area contributed by atoms with Gasteiger partial charge in [-0.15, -0.1) is 0 Å². The van der Waals surface area contributed by atoms with Crippen molar-refractivity contribution in [3.8, 4) is 0 Å². The van der Waals surface area contributed by atoms with Crippen molar-refractivity contribution in [2.24, 2.45) is 0 Å². The SMILES string of the molecule is Nc1cccc2c1CN(C(=O)Nc1ccccc1Cl)CC2. The van der Waals surface area contributed by atoms with E-state index in [0.717, 1.165) is 17.7 Å². The molecule has 3 N–H and O–H groups in total. The van der Waals surface area contributed by atoms with Crippen LogP contribution in [0.1, 0.15) is 11.1 Å². The highest BCUT2D eigenvalue weighted by atomic mass is 35.5. The van der Waals surface area contributed by atoms with Crippen LogP contribution in [0.3, 0.4) is 0 Å². The first-order valence-corrected chi connectivity index (χ1v) is 7.19. The number of anilines is 2. The molecule has 0 fully saturated rings. The van der Waals surface area contributed by atoms with E-state index in [0.29, 0.717) is 23.8 Å². The van der Waals surface area contributed by atoms with Gasteiger partial charge in [0.05, 0.1) is 10.7 Å². The molecule has 1 heterocycles. The Bertz CT molecular complexity index is 687. The van der Waals surface area contributed by atoms with Crippen molar-refractivity contribution in [2.45, 2.75) is 13.0 Å². The molecule has 0 aromatic heterocycles. The van der Waals surface area contributed by atoms with Crippen LogP contribution >= 0.6 is 11.6 Å². The molecule has 21 heavy (non-hydrogen) atoms. The van der Waals surface area contributed by atoms with E-state index < -0.39 is 0 Å². The molecule has 2 aromatic carbocycles. The molecule has 108 valence electrons. The number of nitrogen functional groups attached to an aromatic ring is 1. The second-order valence-corrected chi connectivity index (χ2v) is 5.47. The average molecular weight is 302 g/mol. The van der Waals surface area contributed by atoms with Crippen LogP contribution in [0, 0.1) is 0 Å². The molecule has 0 bridgehead atoms. The van der Waals surface area contributed by atoms with Gasteiger partial charge in [-0.1, -0.05) is 35.9 Å². The third-order valence-electron chi connectivity index (χ3n) is 3.71. The summed E-state index contributed by atoms with van der Waals surface area (Å²) in [5.41, 5.74) is 9.62. The maximum Gasteiger partial charge on any atom is 0.322 e. The number of carbonyl (C=O) groups is 1. The minimum Gasteiger partial charge on any atom is -0.398 e. The van der Waals surface area contributed by atoms with Crippen molar-refractivity contribution in [1.82, 2.24) is 4.90 Å². The van der Waals surface area contributed by atoms with Gasteiger partial charge in [-0.05, 0) is 35.7 Å². The number of carbonyl (C=O) groups excluding carboxylic acids is 1. The van der Waals surface area contributed by atoms with Gasteiger partial charge >= 0.3 is 6.03 Å². The number of benzene rings is 2. The van der Waals surface area contributed by atoms with E-state index in [4.69, 9.17) is 17.3 Å². The minimum atomic E-state index is -0.156. The summed E-state index contributed by atoms with van der Waals surface area (Å²) in [6.45, 7) is 1.20. The average Bonchev–Trinajstić information content (AvgIpc) is 2.50. The number of hydrogen-bond donors (Lipinski definition) is 2. The van der Waals surface area contributed by atoms with Gasteiger partial charge in [0.2, 0.25) is 0 Å². The monoisotopic (exact) mass is 301 g/mol. The Morgan fingerprint density at radius 1 is 1.19 bits per heavy atom. The first-order valence-electron chi connectivity index (χ1n) is 6.82. The molecule has 0 saturated carbocycles. The van der Waals surface area contributed by atoms with Gasteiger partial charge in [0, 0.05) is 18.8 Å². The maximum atomic E-state index is 12.4. The molecule has 0 unspecified atom stereocenters. The van der Waals surface area contributed by atoms with Crippen molar-refractivity contribution >= 4 is 29.0 Å². The maximum absolute atomic E-state index is 12.4. The summed E-state index contributed by atoms with van der Waals surface area (Å²) in [4.78, 5) is 14.1. The zero-order chi connectivity index (χ0) is 14.8. The molecule has 0 aliphatic carbocycles. The first kappa shape index (κ1) is 13.8. The summed E-state index contributed by atoms with van der Waals surface area (Å²) in [5, 5.41) is 3.37. The summed E-state index contributed by atoms with van der Waals surface area (Å²) in [6, 6.07) is 12.9. The van der Waals surface area contributed by atoms with E-state index in [1.54, 1.807) is 17.0 Å². The zero-order valence-corrected chi connectivity index (χ0v) is 12.2. The highest BCUT2D eigenvalue weighted by Gasteiger charge is 2.22. The standard InChI is InChI=1S/C16H16ClN3O/c17-13-5-1-2-7-15(13)19-16(21)20-9-8-11-4-3-6-14(18)12(11)10-20/h1-7H,8-10,18H2,(H,19,21). The van der Waals surface area contributed by atoms with Crippen molar-refractivity contribution in [1.29, 1.82) is 0 Å². The Kier molecular flexibility index (Phi) is 3.71. The Morgan fingerprint density at radius 2 is 2.00 bits per heavy atom. The normalized spacial score (nSPS) is 13.7. The number of para-hydroxylation sites is 1. The third-order valence-corrected chi connectivity index (χ3v) is 4.04. The van der Waals surface area contributed by atoms with Crippen LogP contribution in [0.2, 0.25) is 5.02 Å². The van der Waals surface area contributed by atoms with Gasteiger partial charge in [-0.25, -0.2) is 4.79 Å². The molecule has 0 spiro atoms. The van der Waals surface area contributed by atoms with Gasteiger partial charge in [-0.3, -0.25) is 0 Å². The topological polar surface area (TPSA) is 58.4 Å². The zero-order valence-electron chi connectivity index (χ0n) is 11.5. The predicted octanol–water partition coefficient (Wildman–Crippen LogP) is 3.51. The van der Waals surface area contributed by atoms with E-state index >= 15 is 0 Å². The fourth-order valence-electron chi connectivity index (χ4n) is 2.54. The number of urea groups is 1. The Balaban J connectivity index is 1.76. The van der Waals surface area contributed by atoms with Crippen molar-refractivity contribution in [3.05, 3.63) is 58.6 Å². The molecule has 0 saturated heterocycles. The summed E-state index contributed by atoms with van der Waals surface area (Å²) in [6.07, 6.45) is 0.816. The second kappa shape index (κ2) is 5.66. The van der Waals surface area contributed by atoms with Gasteiger partial charge in [0.25, 0.3) is 0 Å². The number of nitrogens with one attached hydrogen (secondary N) is 1. The summed E-state index contributed by atoms with van der Waals surface area (Å²) in [5.74, 6) is 0. The molecular formula is C16H16ClN3O. The van der Waals surface area contributed by atoms with Crippen LogP contribution < -0.4 is 11.1 Å². The third kappa shape index (κ3) is 2.81. The van der Waals surface area contributed by atoms with E-state index in [9.17, 15) is 4.79 Å². The molecule has 1 aliphatic rings. The quantitative estimate of drug-likeness (QED) is 0.792. The number of hydrogen-bond acceptors (Lipinski definition) is 2. The number of nitrogens with two attached hydrogens (primary N) is 1. The number of rotatable bonds is 1. The number of nitrogens with zero attached hydrogens (tertiary/aromatic N) is 1. The predicted molar refractivity (Wildman–Crippen MR) is 85.4 cm³/mol. The van der Waals surface area contributed by atoms with E-state index in [2.05, 4.69) is 11.4 Å². The lowest BCUT2D eigenvalue weighted by molar-refractivity contribution is 0.206. The van der Waals surface area contributed by atoms with Gasteiger partial charge in [0.1, 0.15) is 0 Å². The lowest BCUT2D eigenvalue weighted by atomic mass is 9.98. The summed E-state index contributed by atoms with van der Waals surface area (Å²) >= 11 is 6.06. The number of fused-ring (bicyclic) bond motifs is 1. The highest BCUT2D eigenvalue weighted by Crippen LogP contribution is 2.26. The van der Waals surface area contributed by atoms with Crippen LogP contribution in [0.15, 0.2) is 42.5 Å². The fraction of sp³-hybridized carbons (Fsp3) is 0.188. The molecule has 2 aromatic rings. The minimum absolute atomic E-state index is 0.156. The molecule has 0 radical (unpaired) electrons. The van der Waals surface area contributed by atoms with Crippen LogP contribution in [0.25, 0.3) is 0 Å². The summed E-state index contributed by atoms with van der Waals surface area (Å²) in [7, 11) is 0. The fourth-order valence-corrected chi connectivity index (χ4v) is 2.72. The van der Waals surface area contributed by atoms with E-state index in [1.165, 1.54) is 5.56 Å². The van der Waals surface area contributed by atoms with E-state index in [-0.39, 0.29) is 6.03 Å². The lowest BCUT2D eigenvalue weighted by Gasteiger charge is -2.29. The van der Waals surface area contributed by atoms with Crippen LogP contribution in [-0.4, -0.2) is 17.5 Å². The van der Waals surface area contributed by atoms with E-state index in [1.807, 2.05) is 24.3 Å². The molecule has 4 nitrogen and oxygen atoms in total. The Morgan fingerprint density at radius 3 is 2.81 bits per heavy atom. The lowest BCUT2D eigenvalue weighted by Crippen LogP contribution is -2.39. The molecule has 1 aliphatic heterocycles. The molecule has 2 amide bonds. The first-order chi connectivity index (χ1) is 10.1. The molecule has 3 rings (SSSR count). The molecule has 0 atom stereocenters. The molecular weight excluding hydrogens is 286 g/mol. The summed E-state index contributed by atoms with van der Waals surface area (Å²) < 4.78 is 0. The smallest absolute Gasteiger partial charge is 0.322 e. The van der Waals surface area contributed by atoms with Crippen molar-refractivity contribution in [3.63, 3.8) is 0 Å². The Hall–Kier alpha value is -2.20. The second-order valence-electron chi connectivity index (χ2n) is 5.07. The number of amides is 2. The van der Waals surface area contributed by atoms with Crippen LogP contribution in [0.5, 0.6) is 0 Å². The largest absolute Gasteiger partial charge is 0.398 e. The van der Waals surface area contributed by atoms with Crippen LogP contribution in [-0.2, 0) is 13.0 Å². The van der Waals surface area contributed by atoms with Crippen LogP contribution in [0.4, 0.5) is 16.2 Å². The van der Waals surface area contributed by atoms with Crippen molar-refractivity contribution < 1.29 is 4.79 Å². The highest BCUT2D eigenvalue weighted by molar-refractivity contribution is 6.33. The van der Waals surface area contributed by atoms with Crippen molar-refractivity contribution in [2.75, 3.05) is 17.6 Å². The Labute approximate surface area is 128 Å². The number of halogens is 1. The van der Waals surface area contributed by atoms with Gasteiger partial charge in [-0.2, -0.15) is 0 Å².